The van der Waals surface area contributed by atoms with E-state index in [0.717, 1.165) is 36.3 Å². The van der Waals surface area contributed by atoms with Gasteiger partial charge in [0.25, 0.3) is 5.56 Å². The Kier molecular flexibility index (Phi) is 3.92. The normalized spacial score (nSPS) is 14.3. The van der Waals surface area contributed by atoms with Crippen molar-refractivity contribution in [2.75, 3.05) is 6.54 Å². The number of aromatic nitrogens is 3. The van der Waals surface area contributed by atoms with Gasteiger partial charge in [0.15, 0.2) is 0 Å². The summed E-state index contributed by atoms with van der Waals surface area (Å²) in [6.45, 7) is 2.40. The maximum Gasteiger partial charge on any atom is 0.255 e. The highest BCUT2D eigenvalue weighted by atomic mass is 16.1. The van der Waals surface area contributed by atoms with Gasteiger partial charge in [0.1, 0.15) is 5.82 Å². The summed E-state index contributed by atoms with van der Waals surface area (Å²) >= 11 is 0. The third-order valence-electron chi connectivity index (χ3n) is 4.33. The molecule has 0 bridgehead atoms. The van der Waals surface area contributed by atoms with Crippen LogP contribution in [0.4, 0.5) is 0 Å². The van der Waals surface area contributed by atoms with Crippen molar-refractivity contribution in [3.63, 3.8) is 0 Å². The Balaban J connectivity index is 1.60. The van der Waals surface area contributed by atoms with Gasteiger partial charge in [-0.1, -0.05) is 30.3 Å². The summed E-state index contributed by atoms with van der Waals surface area (Å²) in [6.07, 6.45) is 4.22. The number of benzene rings is 1. The summed E-state index contributed by atoms with van der Waals surface area (Å²) in [4.78, 5) is 26.5. The van der Waals surface area contributed by atoms with Crippen molar-refractivity contribution in [1.82, 2.24) is 19.9 Å². The molecule has 3 aromatic rings. The monoisotopic (exact) mass is 318 g/mol. The van der Waals surface area contributed by atoms with Crippen molar-refractivity contribution in [3.8, 4) is 11.4 Å². The number of hydrogen-bond donors (Lipinski definition) is 1. The maximum atomic E-state index is 12.5. The van der Waals surface area contributed by atoms with Crippen LogP contribution in [-0.2, 0) is 19.5 Å². The summed E-state index contributed by atoms with van der Waals surface area (Å²) in [7, 11) is 0. The number of fused-ring (bicyclic) bond motifs is 1. The van der Waals surface area contributed by atoms with Crippen LogP contribution in [0.15, 0.2) is 59.7 Å². The molecule has 3 heterocycles. The summed E-state index contributed by atoms with van der Waals surface area (Å²) in [6, 6.07) is 14.1. The first-order valence-corrected chi connectivity index (χ1v) is 8.08. The molecule has 1 aliphatic rings. The molecular formula is C19H18N4O. The molecule has 0 aliphatic carbocycles. The lowest BCUT2D eigenvalue weighted by molar-refractivity contribution is 0.242. The van der Waals surface area contributed by atoms with Gasteiger partial charge >= 0.3 is 0 Å². The SMILES string of the molecule is O=c1[nH]c(-c2cccnc2)nc2c1CN(Cc1ccccc1)CC2. The molecule has 0 amide bonds. The Morgan fingerprint density at radius 2 is 2.00 bits per heavy atom. The van der Waals surface area contributed by atoms with Crippen LogP contribution in [0.5, 0.6) is 0 Å². The van der Waals surface area contributed by atoms with Crippen LogP contribution in [-0.4, -0.2) is 26.4 Å². The number of pyridine rings is 1. The zero-order chi connectivity index (χ0) is 16.4. The highest BCUT2D eigenvalue weighted by molar-refractivity contribution is 5.53. The predicted molar refractivity (Wildman–Crippen MR) is 92.3 cm³/mol. The summed E-state index contributed by atoms with van der Waals surface area (Å²) < 4.78 is 0. The topological polar surface area (TPSA) is 61.9 Å². The van der Waals surface area contributed by atoms with Crippen molar-refractivity contribution in [2.24, 2.45) is 0 Å². The average Bonchev–Trinajstić information content (AvgIpc) is 2.64. The smallest absolute Gasteiger partial charge is 0.255 e. The van der Waals surface area contributed by atoms with E-state index < -0.39 is 0 Å². The third kappa shape index (κ3) is 2.98. The predicted octanol–water partition coefficient (Wildman–Crippen LogP) is 2.39. The molecule has 1 aliphatic heterocycles. The first-order chi connectivity index (χ1) is 11.8. The van der Waals surface area contributed by atoms with Gasteiger partial charge in [0.05, 0.1) is 11.3 Å². The summed E-state index contributed by atoms with van der Waals surface area (Å²) in [5.41, 5.74) is 3.74. The molecule has 1 aromatic carbocycles. The molecule has 0 fully saturated rings. The quantitative estimate of drug-likeness (QED) is 0.805. The highest BCUT2D eigenvalue weighted by Crippen LogP contribution is 2.19. The van der Waals surface area contributed by atoms with E-state index >= 15 is 0 Å². The van der Waals surface area contributed by atoms with E-state index in [1.807, 2.05) is 30.3 Å². The molecule has 0 radical (unpaired) electrons. The van der Waals surface area contributed by atoms with E-state index in [0.29, 0.717) is 12.4 Å². The molecular weight excluding hydrogens is 300 g/mol. The molecule has 24 heavy (non-hydrogen) atoms. The van der Waals surface area contributed by atoms with E-state index in [-0.39, 0.29) is 5.56 Å². The minimum absolute atomic E-state index is 0.0448. The summed E-state index contributed by atoms with van der Waals surface area (Å²) in [5, 5.41) is 0. The minimum atomic E-state index is -0.0448. The Labute approximate surface area is 140 Å². The van der Waals surface area contributed by atoms with Crippen LogP contribution in [0.25, 0.3) is 11.4 Å². The Bertz CT molecular complexity index is 890. The Morgan fingerprint density at radius 3 is 2.79 bits per heavy atom. The van der Waals surface area contributed by atoms with Gasteiger partial charge in [-0.15, -0.1) is 0 Å². The number of hydrogen-bond acceptors (Lipinski definition) is 4. The van der Waals surface area contributed by atoms with Gasteiger partial charge in [0, 0.05) is 44.0 Å². The molecule has 0 saturated heterocycles. The van der Waals surface area contributed by atoms with Crippen LogP contribution >= 0.6 is 0 Å². The second kappa shape index (κ2) is 6.37. The fourth-order valence-electron chi connectivity index (χ4n) is 3.10. The van der Waals surface area contributed by atoms with Crippen molar-refractivity contribution in [3.05, 3.63) is 82.0 Å². The number of nitrogens with zero attached hydrogens (tertiary/aromatic N) is 3. The van der Waals surface area contributed by atoms with Crippen LogP contribution < -0.4 is 5.56 Å². The van der Waals surface area contributed by atoms with Crippen molar-refractivity contribution >= 4 is 0 Å². The Hall–Kier alpha value is -2.79. The largest absolute Gasteiger partial charge is 0.306 e. The number of nitrogens with one attached hydrogen (secondary N) is 1. The number of aromatic amines is 1. The lowest BCUT2D eigenvalue weighted by Crippen LogP contribution is -2.35. The molecule has 120 valence electrons. The lowest BCUT2D eigenvalue weighted by atomic mass is 10.1. The van der Waals surface area contributed by atoms with Gasteiger partial charge < -0.3 is 4.98 Å². The molecule has 5 nitrogen and oxygen atoms in total. The lowest BCUT2D eigenvalue weighted by Gasteiger charge is -2.27. The van der Waals surface area contributed by atoms with Crippen LogP contribution in [0.2, 0.25) is 0 Å². The highest BCUT2D eigenvalue weighted by Gasteiger charge is 2.21. The molecule has 0 saturated carbocycles. The standard InChI is InChI=1S/C19H18N4O/c24-19-16-13-23(12-14-5-2-1-3-6-14)10-8-17(16)21-18(22-19)15-7-4-9-20-11-15/h1-7,9,11H,8,10,12-13H2,(H,21,22,24). The molecule has 0 unspecified atom stereocenters. The van der Waals surface area contributed by atoms with Crippen molar-refractivity contribution < 1.29 is 0 Å². The van der Waals surface area contributed by atoms with E-state index in [9.17, 15) is 4.79 Å². The van der Waals surface area contributed by atoms with Gasteiger partial charge in [-0.2, -0.15) is 0 Å². The first kappa shape index (κ1) is 14.8. The van der Waals surface area contributed by atoms with Crippen molar-refractivity contribution in [2.45, 2.75) is 19.5 Å². The molecule has 0 atom stereocenters. The van der Waals surface area contributed by atoms with Gasteiger partial charge in [-0.05, 0) is 17.7 Å². The van der Waals surface area contributed by atoms with Gasteiger partial charge in [-0.3, -0.25) is 14.7 Å². The molecule has 2 aromatic heterocycles. The van der Waals surface area contributed by atoms with E-state index in [4.69, 9.17) is 0 Å². The average molecular weight is 318 g/mol. The second-order valence-electron chi connectivity index (χ2n) is 6.03. The molecule has 1 N–H and O–H groups in total. The van der Waals surface area contributed by atoms with Gasteiger partial charge in [0.2, 0.25) is 0 Å². The fourth-order valence-corrected chi connectivity index (χ4v) is 3.10. The first-order valence-electron chi connectivity index (χ1n) is 8.08. The fraction of sp³-hybridized carbons (Fsp3) is 0.211. The van der Waals surface area contributed by atoms with Gasteiger partial charge in [-0.25, -0.2) is 4.98 Å². The Morgan fingerprint density at radius 1 is 1.12 bits per heavy atom. The zero-order valence-corrected chi connectivity index (χ0v) is 13.3. The van der Waals surface area contributed by atoms with Crippen molar-refractivity contribution in [1.29, 1.82) is 0 Å². The van der Waals surface area contributed by atoms with Crippen LogP contribution in [0.3, 0.4) is 0 Å². The third-order valence-corrected chi connectivity index (χ3v) is 4.33. The molecule has 4 rings (SSSR count). The molecule has 5 heteroatoms. The zero-order valence-electron chi connectivity index (χ0n) is 13.3. The van der Waals surface area contributed by atoms with Crippen LogP contribution in [0, 0.1) is 0 Å². The molecule has 0 spiro atoms. The number of rotatable bonds is 3. The van der Waals surface area contributed by atoms with E-state index in [1.165, 1.54) is 5.56 Å². The second-order valence-corrected chi connectivity index (χ2v) is 6.03. The summed E-state index contributed by atoms with van der Waals surface area (Å²) in [5.74, 6) is 0.600. The van der Waals surface area contributed by atoms with E-state index in [2.05, 4.69) is 32.0 Å². The number of H-pyrrole nitrogens is 1. The van der Waals surface area contributed by atoms with Crippen LogP contribution in [0.1, 0.15) is 16.8 Å². The minimum Gasteiger partial charge on any atom is -0.306 e. The maximum absolute atomic E-state index is 12.5. The van der Waals surface area contributed by atoms with E-state index in [1.54, 1.807) is 12.4 Å².